The first-order valence-corrected chi connectivity index (χ1v) is 7.73. The molecule has 0 aliphatic carbocycles. The van der Waals surface area contributed by atoms with Gasteiger partial charge in [-0.2, -0.15) is 0 Å². The molecular formula is C16H19BrN2O2. The lowest BCUT2D eigenvalue weighted by atomic mass is 10.1. The van der Waals surface area contributed by atoms with Gasteiger partial charge in [-0.3, -0.25) is 4.79 Å². The number of nitrogens with one attached hydrogen (secondary N) is 1. The predicted octanol–water partition coefficient (Wildman–Crippen LogP) is 3.86. The number of aromatic nitrogens is 1. The van der Waals surface area contributed by atoms with E-state index in [0.29, 0.717) is 12.8 Å². The molecule has 0 aliphatic rings. The molecule has 0 saturated carbocycles. The zero-order valence-electron chi connectivity index (χ0n) is 12.4. The molecule has 5 heteroatoms. The van der Waals surface area contributed by atoms with Crippen molar-refractivity contribution < 1.29 is 9.32 Å². The van der Waals surface area contributed by atoms with Gasteiger partial charge in [0.1, 0.15) is 5.76 Å². The fourth-order valence-electron chi connectivity index (χ4n) is 2.27. The molecule has 0 fully saturated rings. The van der Waals surface area contributed by atoms with E-state index in [4.69, 9.17) is 4.52 Å². The van der Waals surface area contributed by atoms with Gasteiger partial charge in [0.05, 0.1) is 11.7 Å². The standard InChI is InChI=1S/C16H19BrN2O2/c1-10(13-5-4-6-14(17)9-13)18-16(20)8-7-15-11(2)19-21-12(15)3/h4-6,9-10H,7-8H2,1-3H3,(H,18,20). The van der Waals surface area contributed by atoms with Crippen LogP contribution >= 0.6 is 15.9 Å². The maximum absolute atomic E-state index is 12.1. The van der Waals surface area contributed by atoms with Gasteiger partial charge in [0, 0.05) is 16.5 Å². The number of amides is 1. The summed E-state index contributed by atoms with van der Waals surface area (Å²) in [6.45, 7) is 5.75. The molecule has 1 heterocycles. The monoisotopic (exact) mass is 350 g/mol. The molecule has 0 radical (unpaired) electrons. The molecule has 1 amide bonds. The maximum atomic E-state index is 12.1. The number of carbonyl (C=O) groups is 1. The van der Waals surface area contributed by atoms with Crippen molar-refractivity contribution in [2.45, 2.75) is 39.7 Å². The van der Waals surface area contributed by atoms with Gasteiger partial charge < -0.3 is 9.84 Å². The number of benzene rings is 1. The third-order valence-electron chi connectivity index (χ3n) is 3.51. The van der Waals surface area contributed by atoms with Crippen LogP contribution in [0.15, 0.2) is 33.3 Å². The van der Waals surface area contributed by atoms with E-state index in [1.54, 1.807) is 0 Å². The largest absolute Gasteiger partial charge is 0.361 e. The van der Waals surface area contributed by atoms with Crippen LogP contribution in [-0.4, -0.2) is 11.1 Å². The third kappa shape index (κ3) is 4.17. The summed E-state index contributed by atoms with van der Waals surface area (Å²) >= 11 is 3.44. The molecule has 1 unspecified atom stereocenters. The molecule has 2 rings (SSSR count). The van der Waals surface area contributed by atoms with Crippen LogP contribution < -0.4 is 5.32 Å². The van der Waals surface area contributed by atoms with Gasteiger partial charge in [-0.1, -0.05) is 33.2 Å². The molecule has 2 aromatic rings. The van der Waals surface area contributed by atoms with Gasteiger partial charge in [0.15, 0.2) is 0 Å². The van der Waals surface area contributed by atoms with E-state index in [2.05, 4.69) is 26.4 Å². The second-order valence-electron chi connectivity index (χ2n) is 5.15. The fraction of sp³-hybridized carbons (Fsp3) is 0.375. The van der Waals surface area contributed by atoms with Crippen molar-refractivity contribution in [1.29, 1.82) is 0 Å². The predicted molar refractivity (Wildman–Crippen MR) is 85.0 cm³/mol. The highest BCUT2D eigenvalue weighted by atomic mass is 79.9. The van der Waals surface area contributed by atoms with E-state index in [-0.39, 0.29) is 11.9 Å². The topological polar surface area (TPSA) is 55.1 Å². The molecule has 0 spiro atoms. The highest BCUT2D eigenvalue weighted by molar-refractivity contribution is 9.10. The normalized spacial score (nSPS) is 12.2. The number of halogens is 1. The quantitative estimate of drug-likeness (QED) is 0.890. The number of aryl methyl sites for hydroxylation is 2. The summed E-state index contributed by atoms with van der Waals surface area (Å²) in [7, 11) is 0. The minimum Gasteiger partial charge on any atom is -0.361 e. The number of hydrogen-bond donors (Lipinski definition) is 1. The average molecular weight is 351 g/mol. The Kier molecular flexibility index (Phi) is 5.17. The van der Waals surface area contributed by atoms with Crippen LogP contribution in [0.4, 0.5) is 0 Å². The average Bonchev–Trinajstić information content (AvgIpc) is 2.76. The zero-order valence-corrected chi connectivity index (χ0v) is 14.0. The summed E-state index contributed by atoms with van der Waals surface area (Å²) in [4.78, 5) is 12.1. The summed E-state index contributed by atoms with van der Waals surface area (Å²) in [6, 6.07) is 7.93. The smallest absolute Gasteiger partial charge is 0.220 e. The van der Waals surface area contributed by atoms with E-state index in [0.717, 1.165) is 27.1 Å². The van der Waals surface area contributed by atoms with Gasteiger partial charge in [-0.25, -0.2) is 0 Å². The van der Waals surface area contributed by atoms with Crippen LogP contribution in [0.25, 0.3) is 0 Å². The first-order valence-electron chi connectivity index (χ1n) is 6.94. The highest BCUT2D eigenvalue weighted by Gasteiger charge is 2.13. The van der Waals surface area contributed by atoms with Gasteiger partial charge >= 0.3 is 0 Å². The highest BCUT2D eigenvalue weighted by Crippen LogP contribution is 2.18. The summed E-state index contributed by atoms with van der Waals surface area (Å²) in [5.74, 6) is 0.822. The Bertz CT molecular complexity index is 617. The second kappa shape index (κ2) is 6.89. The number of nitrogens with zero attached hydrogens (tertiary/aromatic N) is 1. The van der Waals surface area contributed by atoms with E-state index in [9.17, 15) is 4.79 Å². The Balaban J connectivity index is 1.90. The zero-order chi connectivity index (χ0) is 15.4. The molecule has 21 heavy (non-hydrogen) atoms. The Hall–Kier alpha value is -1.62. The first kappa shape index (κ1) is 15.8. The van der Waals surface area contributed by atoms with Gasteiger partial charge in [-0.05, 0) is 44.9 Å². The third-order valence-corrected chi connectivity index (χ3v) is 4.00. The number of rotatable bonds is 5. The van der Waals surface area contributed by atoms with Crippen molar-refractivity contribution in [3.8, 4) is 0 Å². The maximum Gasteiger partial charge on any atom is 0.220 e. The summed E-state index contributed by atoms with van der Waals surface area (Å²) < 4.78 is 6.12. The van der Waals surface area contributed by atoms with E-state index >= 15 is 0 Å². The van der Waals surface area contributed by atoms with Crippen molar-refractivity contribution in [2.75, 3.05) is 0 Å². The molecule has 1 atom stereocenters. The van der Waals surface area contributed by atoms with Crippen LogP contribution in [0.1, 0.15) is 42.0 Å². The Morgan fingerprint density at radius 1 is 1.43 bits per heavy atom. The molecule has 1 N–H and O–H groups in total. The molecule has 112 valence electrons. The summed E-state index contributed by atoms with van der Waals surface area (Å²) in [5, 5.41) is 6.91. The molecule has 0 bridgehead atoms. The van der Waals surface area contributed by atoms with Crippen LogP contribution in [0.5, 0.6) is 0 Å². The van der Waals surface area contributed by atoms with Gasteiger partial charge in [0.2, 0.25) is 5.91 Å². The minimum atomic E-state index is -0.0142. The number of hydrogen-bond acceptors (Lipinski definition) is 3. The van der Waals surface area contributed by atoms with Crippen molar-refractivity contribution in [1.82, 2.24) is 10.5 Å². The SMILES string of the molecule is Cc1noc(C)c1CCC(=O)NC(C)c1cccc(Br)c1. The minimum absolute atomic E-state index is 0.0142. The van der Waals surface area contributed by atoms with E-state index in [1.807, 2.05) is 45.0 Å². The van der Waals surface area contributed by atoms with E-state index in [1.165, 1.54) is 0 Å². The molecule has 0 saturated heterocycles. The van der Waals surface area contributed by atoms with E-state index < -0.39 is 0 Å². The van der Waals surface area contributed by atoms with Crippen molar-refractivity contribution >= 4 is 21.8 Å². The lowest BCUT2D eigenvalue weighted by Crippen LogP contribution is -2.26. The van der Waals surface area contributed by atoms with Gasteiger partial charge in [-0.15, -0.1) is 0 Å². The summed E-state index contributed by atoms with van der Waals surface area (Å²) in [5.41, 5.74) is 2.97. The van der Waals surface area contributed by atoms with Crippen LogP contribution in [-0.2, 0) is 11.2 Å². The molecule has 4 nitrogen and oxygen atoms in total. The fourth-order valence-corrected chi connectivity index (χ4v) is 2.69. The van der Waals surface area contributed by atoms with Crippen molar-refractivity contribution in [2.24, 2.45) is 0 Å². The van der Waals surface area contributed by atoms with Crippen LogP contribution in [0.3, 0.4) is 0 Å². The molecule has 1 aromatic heterocycles. The Morgan fingerprint density at radius 3 is 2.81 bits per heavy atom. The van der Waals surface area contributed by atoms with Crippen LogP contribution in [0.2, 0.25) is 0 Å². The molecule has 0 aliphatic heterocycles. The molecule has 1 aromatic carbocycles. The lowest BCUT2D eigenvalue weighted by molar-refractivity contribution is -0.121. The van der Waals surface area contributed by atoms with Gasteiger partial charge in [0.25, 0.3) is 0 Å². The van der Waals surface area contributed by atoms with Crippen molar-refractivity contribution in [3.05, 3.63) is 51.3 Å². The summed E-state index contributed by atoms with van der Waals surface area (Å²) in [6.07, 6.45) is 1.08. The molecular weight excluding hydrogens is 332 g/mol. The lowest BCUT2D eigenvalue weighted by Gasteiger charge is -2.14. The first-order chi connectivity index (χ1) is 9.97. The second-order valence-corrected chi connectivity index (χ2v) is 6.06. The Labute approximate surface area is 133 Å². The number of carbonyl (C=O) groups excluding carboxylic acids is 1. The van der Waals surface area contributed by atoms with Crippen LogP contribution in [0, 0.1) is 13.8 Å². The Morgan fingerprint density at radius 2 is 2.19 bits per heavy atom. The van der Waals surface area contributed by atoms with Crippen molar-refractivity contribution in [3.63, 3.8) is 0 Å².